The van der Waals surface area contributed by atoms with Gasteiger partial charge in [-0.1, -0.05) is 20.3 Å². The van der Waals surface area contributed by atoms with Gasteiger partial charge in [0.2, 0.25) is 10.0 Å². The van der Waals surface area contributed by atoms with Crippen LogP contribution in [0.1, 0.15) is 39.3 Å². The van der Waals surface area contributed by atoms with Crippen molar-refractivity contribution in [1.82, 2.24) is 24.0 Å². The van der Waals surface area contributed by atoms with E-state index in [2.05, 4.69) is 15.0 Å². The van der Waals surface area contributed by atoms with Crippen LogP contribution in [0, 0.1) is 0 Å². The van der Waals surface area contributed by atoms with Crippen LogP contribution < -0.4 is 10.3 Å². The van der Waals surface area contributed by atoms with E-state index in [9.17, 15) is 18.0 Å². The number of pyridine rings is 1. The lowest BCUT2D eigenvalue weighted by atomic mass is 10.1. The number of aromatic amines is 1. The number of morpholine rings is 1. The molecule has 0 saturated carbocycles. The average molecular weight is 604 g/mol. The van der Waals surface area contributed by atoms with Gasteiger partial charge in [-0.15, -0.1) is 0 Å². The number of aromatic nitrogens is 3. The number of hydrogen-bond acceptors (Lipinski definition) is 9. The van der Waals surface area contributed by atoms with Crippen LogP contribution in [0.5, 0.6) is 5.75 Å². The highest BCUT2D eigenvalue weighted by Gasteiger charge is 2.27. The molecule has 0 aliphatic carbocycles. The number of aryl methyl sites for hydroxylation is 2. The van der Waals surface area contributed by atoms with E-state index in [-0.39, 0.29) is 30.2 Å². The highest BCUT2D eigenvalue weighted by Crippen LogP contribution is 2.34. The zero-order valence-electron chi connectivity index (χ0n) is 24.8. The number of rotatable bonds is 14. The fourth-order valence-corrected chi connectivity index (χ4v) is 6.48. The van der Waals surface area contributed by atoms with Crippen molar-refractivity contribution in [3.8, 4) is 17.0 Å². The topological polar surface area (TPSA) is 136 Å². The predicted octanol–water partition coefficient (Wildman–Crippen LogP) is 2.56. The molecule has 0 amide bonds. The summed E-state index contributed by atoms with van der Waals surface area (Å²) in [5.41, 5.74) is 1.86. The van der Waals surface area contributed by atoms with Crippen molar-refractivity contribution in [2.24, 2.45) is 7.05 Å². The first kappa shape index (κ1) is 31.7. The molecule has 0 atom stereocenters. The van der Waals surface area contributed by atoms with E-state index >= 15 is 0 Å². The Morgan fingerprint density at radius 2 is 1.88 bits per heavy atom. The number of nitrogens with one attached hydrogen (secondary N) is 1. The number of hydrogen-bond donors (Lipinski definition) is 1. The third-order valence-electron chi connectivity index (χ3n) is 7.16. The van der Waals surface area contributed by atoms with Gasteiger partial charge in [-0.2, -0.15) is 9.40 Å². The summed E-state index contributed by atoms with van der Waals surface area (Å²) < 4.78 is 47.5. The molecule has 42 heavy (non-hydrogen) atoms. The molecule has 12 nitrogen and oxygen atoms in total. The van der Waals surface area contributed by atoms with Crippen molar-refractivity contribution >= 4 is 26.9 Å². The Hall–Kier alpha value is -3.26. The molecule has 1 saturated heterocycles. The monoisotopic (exact) mass is 603 g/mol. The molecule has 3 aromatic rings. The summed E-state index contributed by atoms with van der Waals surface area (Å²) in [4.78, 5) is 29.7. The Morgan fingerprint density at radius 1 is 1.12 bits per heavy atom. The molecule has 1 aliphatic rings. The lowest BCUT2D eigenvalue weighted by Crippen LogP contribution is -2.44. The van der Waals surface area contributed by atoms with E-state index < -0.39 is 16.0 Å². The number of sulfonamides is 1. The number of fused-ring (bicyclic) bond motifs is 1. The second-order valence-electron chi connectivity index (χ2n) is 10.3. The molecule has 13 heteroatoms. The Bertz CT molecular complexity index is 1540. The maximum absolute atomic E-state index is 14.0. The van der Waals surface area contributed by atoms with E-state index in [0.717, 1.165) is 37.0 Å². The lowest BCUT2D eigenvalue weighted by molar-refractivity contribution is -0.141. The summed E-state index contributed by atoms with van der Waals surface area (Å²) in [5.74, 6) is -0.0102. The third-order valence-corrected chi connectivity index (χ3v) is 9.05. The molecule has 3 heterocycles. The zero-order chi connectivity index (χ0) is 30.3. The maximum atomic E-state index is 14.0. The largest absolute Gasteiger partial charge is 0.493 e. The first-order chi connectivity index (χ1) is 20.1. The van der Waals surface area contributed by atoms with Gasteiger partial charge in [0, 0.05) is 57.6 Å². The van der Waals surface area contributed by atoms with Gasteiger partial charge in [0.1, 0.15) is 17.9 Å². The van der Waals surface area contributed by atoms with Crippen LogP contribution in [0.4, 0.5) is 0 Å². The predicted molar refractivity (Wildman–Crippen MR) is 159 cm³/mol. The van der Waals surface area contributed by atoms with Crippen LogP contribution in [0.15, 0.2) is 34.0 Å². The molecule has 1 aliphatic heterocycles. The quantitative estimate of drug-likeness (QED) is 0.276. The first-order valence-electron chi connectivity index (χ1n) is 14.4. The molecule has 0 unspecified atom stereocenters. The minimum atomic E-state index is -4.01. The normalized spacial score (nSPS) is 14.5. The molecule has 0 radical (unpaired) electrons. The van der Waals surface area contributed by atoms with Crippen LogP contribution in [-0.2, 0) is 37.8 Å². The van der Waals surface area contributed by atoms with Crippen LogP contribution >= 0.6 is 0 Å². The van der Waals surface area contributed by atoms with Crippen LogP contribution in [0.2, 0.25) is 0 Å². The molecule has 4 rings (SSSR count). The van der Waals surface area contributed by atoms with Gasteiger partial charge in [-0.25, -0.2) is 8.42 Å². The van der Waals surface area contributed by atoms with Crippen molar-refractivity contribution < 1.29 is 27.4 Å². The second kappa shape index (κ2) is 14.3. The highest BCUT2D eigenvalue weighted by molar-refractivity contribution is 7.89. The second-order valence-corrected chi connectivity index (χ2v) is 12.2. The SMILES string of the molecule is CCCOc1ccc(S(=O)(=O)N(CCOC(C)=O)CCN2CCOCC2)cc1-c1cc2c(CCC)nn(C)c2c(=O)[nH]1. The van der Waals surface area contributed by atoms with Gasteiger partial charge in [0.05, 0.1) is 36.1 Å². The van der Waals surface area contributed by atoms with Crippen molar-refractivity contribution in [3.63, 3.8) is 0 Å². The Kier molecular flexibility index (Phi) is 10.8. The van der Waals surface area contributed by atoms with Gasteiger partial charge < -0.3 is 19.2 Å². The molecular weight excluding hydrogens is 562 g/mol. The van der Waals surface area contributed by atoms with Gasteiger partial charge in [-0.3, -0.25) is 19.2 Å². The minimum absolute atomic E-state index is 0.00846. The molecule has 1 N–H and O–H groups in total. The molecule has 230 valence electrons. The van der Waals surface area contributed by atoms with Crippen LogP contribution in [0.25, 0.3) is 22.2 Å². The summed E-state index contributed by atoms with van der Waals surface area (Å²) in [6, 6.07) is 6.53. The van der Waals surface area contributed by atoms with Gasteiger partial charge in [-0.05, 0) is 37.1 Å². The summed E-state index contributed by atoms with van der Waals surface area (Å²) in [6.45, 7) is 9.05. The fourth-order valence-electron chi connectivity index (χ4n) is 5.03. The summed E-state index contributed by atoms with van der Waals surface area (Å²) in [7, 11) is -2.28. The molecule has 0 spiro atoms. The molecule has 2 aromatic heterocycles. The highest BCUT2D eigenvalue weighted by atomic mass is 32.2. The Morgan fingerprint density at radius 3 is 2.57 bits per heavy atom. The van der Waals surface area contributed by atoms with Crippen LogP contribution in [0.3, 0.4) is 0 Å². The third kappa shape index (κ3) is 7.38. The average Bonchev–Trinajstić information content (AvgIpc) is 3.29. The first-order valence-corrected chi connectivity index (χ1v) is 15.9. The van der Waals surface area contributed by atoms with E-state index in [1.165, 1.54) is 17.3 Å². The van der Waals surface area contributed by atoms with Gasteiger partial charge in [0.25, 0.3) is 5.56 Å². The zero-order valence-corrected chi connectivity index (χ0v) is 25.7. The number of nitrogens with zero attached hydrogens (tertiary/aromatic N) is 4. The number of H-pyrrole nitrogens is 1. The molecular formula is C29H41N5O7S. The molecule has 0 bridgehead atoms. The number of carbonyl (C=O) groups is 1. The van der Waals surface area contributed by atoms with Crippen molar-refractivity contribution in [1.29, 1.82) is 0 Å². The molecule has 1 fully saturated rings. The number of ether oxygens (including phenoxy) is 3. The summed E-state index contributed by atoms with van der Waals surface area (Å²) in [5, 5.41) is 5.27. The number of benzene rings is 1. The Labute approximate surface area is 246 Å². The standard InChI is InChI=1S/C29H41N5O7S/c1-5-7-25-24-20-26(30-29(36)28(24)32(4)31-25)23-19-22(8-9-27(23)41-15-6-2)42(37,38)34(14-18-40-21(3)35)11-10-33-12-16-39-17-13-33/h8-9,19-20H,5-7,10-18H2,1-4H3,(H,30,36). The van der Waals surface area contributed by atoms with E-state index in [1.54, 1.807) is 23.9 Å². The minimum Gasteiger partial charge on any atom is -0.493 e. The fraction of sp³-hybridized carbons (Fsp3) is 0.552. The van der Waals surface area contributed by atoms with E-state index in [0.29, 0.717) is 55.3 Å². The van der Waals surface area contributed by atoms with Crippen molar-refractivity contribution in [2.45, 2.75) is 44.9 Å². The summed E-state index contributed by atoms with van der Waals surface area (Å²) in [6.07, 6.45) is 2.32. The molecule has 1 aromatic carbocycles. The van der Waals surface area contributed by atoms with Gasteiger partial charge in [0.15, 0.2) is 0 Å². The number of esters is 1. The number of carbonyl (C=O) groups excluding carboxylic acids is 1. The van der Waals surface area contributed by atoms with Crippen molar-refractivity contribution in [3.05, 3.63) is 40.3 Å². The lowest BCUT2D eigenvalue weighted by Gasteiger charge is -2.29. The Balaban J connectivity index is 1.75. The van der Waals surface area contributed by atoms with Gasteiger partial charge >= 0.3 is 5.97 Å². The van der Waals surface area contributed by atoms with E-state index in [4.69, 9.17) is 14.2 Å². The van der Waals surface area contributed by atoms with Crippen molar-refractivity contribution in [2.75, 3.05) is 59.2 Å². The summed E-state index contributed by atoms with van der Waals surface area (Å²) >= 11 is 0. The van der Waals surface area contributed by atoms with Crippen LogP contribution in [-0.4, -0.2) is 97.5 Å². The maximum Gasteiger partial charge on any atom is 0.302 e. The smallest absolute Gasteiger partial charge is 0.302 e. The van der Waals surface area contributed by atoms with E-state index in [1.807, 2.05) is 19.9 Å².